The monoisotopic (exact) mass is 268 g/mol. The van der Waals surface area contributed by atoms with Gasteiger partial charge in [-0.15, -0.1) is 0 Å². The van der Waals surface area contributed by atoms with Gasteiger partial charge in [-0.25, -0.2) is 0 Å². The number of ketones is 1. The minimum Gasteiger partial charge on any atom is -0.392 e. The Hall–Kier alpha value is -0.630. The van der Waals surface area contributed by atoms with Crippen LogP contribution in [0.15, 0.2) is 12.2 Å². The number of rotatable bonds is 12. The highest BCUT2D eigenvalue weighted by atomic mass is 16.3. The lowest BCUT2D eigenvalue weighted by Gasteiger charge is -2.18. The van der Waals surface area contributed by atoms with Crippen molar-refractivity contribution >= 4 is 5.78 Å². The second kappa shape index (κ2) is 12.4. The summed E-state index contributed by atoms with van der Waals surface area (Å²) in [7, 11) is 0. The Morgan fingerprint density at radius 1 is 1.05 bits per heavy atom. The van der Waals surface area contributed by atoms with Gasteiger partial charge >= 0.3 is 0 Å². The van der Waals surface area contributed by atoms with Crippen LogP contribution < -0.4 is 0 Å². The highest BCUT2D eigenvalue weighted by Gasteiger charge is 2.22. The maximum atomic E-state index is 12.0. The highest BCUT2D eigenvalue weighted by molar-refractivity contribution is 5.83. The van der Waals surface area contributed by atoms with Gasteiger partial charge in [-0.05, 0) is 25.7 Å². The lowest BCUT2D eigenvalue weighted by atomic mass is 9.91. The van der Waals surface area contributed by atoms with E-state index in [-0.39, 0.29) is 11.7 Å². The summed E-state index contributed by atoms with van der Waals surface area (Å²) in [5.41, 5.74) is 0. The van der Waals surface area contributed by atoms with Crippen LogP contribution in [-0.4, -0.2) is 17.0 Å². The third-order valence-corrected chi connectivity index (χ3v) is 3.43. The van der Waals surface area contributed by atoms with Gasteiger partial charge in [0.1, 0.15) is 5.78 Å². The molecule has 0 aliphatic heterocycles. The number of Topliss-reactive ketones (excluding diaryl/α,β-unsaturated/α-hetero) is 1. The quantitative estimate of drug-likeness (QED) is 0.413. The second-order valence-electron chi connectivity index (χ2n) is 5.38. The van der Waals surface area contributed by atoms with Crippen molar-refractivity contribution in [2.45, 2.75) is 84.7 Å². The largest absolute Gasteiger partial charge is 0.392 e. The molecule has 0 bridgehead atoms. The van der Waals surface area contributed by atoms with Crippen LogP contribution in [0.25, 0.3) is 0 Å². The van der Waals surface area contributed by atoms with E-state index in [0.29, 0.717) is 12.8 Å². The van der Waals surface area contributed by atoms with Gasteiger partial charge in [0, 0.05) is 6.42 Å². The van der Waals surface area contributed by atoms with E-state index in [4.69, 9.17) is 0 Å². The van der Waals surface area contributed by atoms with Gasteiger partial charge in [-0.2, -0.15) is 0 Å². The molecule has 0 aliphatic rings. The third-order valence-electron chi connectivity index (χ3n) is 3.43. The van der Waals surface area contributed by atoms with Gasteiger partial charge in [0.25, 0.3) is 0 Å². The molecule has 0 amide bonds. The average Bonchev–Trinajstić information content (AvgIpc) is 2.38. The molecular weight excluding hydrogens is 236 g/mol. The minimum atomic E-state index is -0.504. The molecule has 2 unspecified atom stereocenters. The molecule has 19 heavy (non-hydrogen) atoms. The Bertz CT molecular complexity index is 246. The number of aliphatic hydroxyl groups excluding tert-OH is 1. The van der Waals surface area contributed by atoms with Crippen molar-refractivity contribution in [2.24, 2.45) is 5.92 Å². The molecule has 0 saturated carbocycles. The fourth-order valence-electron chi connectivity index (χ4n) is 2.27. The SMILES string of the molecule is CCCCCCC=CC(C(=O)CCC)C(O)CCC. The van der Waals surface area contributed by atoms with Crippen LogP contribution in [0.1, 0.15) is 78.6 Å². The molecule has 2 atom stereocenters. The average molecular weight is 268 g/mol. The van der Waals surface area contributed by atoms with Gasteiger partial charge in [-0.1, -0.05) is 58.6 Å². The van der Waals surface area contributed by atoms with Crippen molar-refractivity contribution in [1.82, 2.24) is 0 Å². The Kier molecular flexibility index (Phi) is 12.0. The molecule has 1 N–H and O–H groups in total. The van der Waals surface area contributed by atoms with Crippen molar-refractivity contribution in [3.8, 4) is 0 Å². The number of hydrogen-bond donors (Lipinski definition) is 1. The summed E-state index contributed by atoms with van der Waals surface area (Å²) in [4.78, 5) is 12.0. The Labute approximate surface area is 119 Å². The molecule has 0 aliphatic carbocycles. The van der Waals surface area contributed by atoms with Gasteiger partial charge in [0.15, 0.2) is 0 Å². The van der Waals surface area contributed by atoms with Crippen molar-refractivity contribution in [3.63, 3.8) is 0 Å². The first kappa shape index (κ1) is 18.4. The minimum absolute atomic E-state index is 0.188. The first-order valence-electron chi connectivity index (χ1n) is 8.04. The van der Waals surface area contributed by atoms with Crippen LogP contribution in [-0.2, 0) is 4.79 Å². The smallest absolute Gasteiger partial charge is 0.142 e. The first-order valence-corrected chi connectivity index (χ1v) is 8.04. The molecule has 0 aromatic heterocycles. The molecule has 2 heteroatoms. The van der Waals surface area contributed by atoms with E-state index in [0.717, 1.165) is 19.3 Å². The predicted molar refractivity (Wildman–Crippen MR) is 82.2 cm³/mol. The number of allylic oxidation sites excluding steroid dienone is 1. The zero-order chi connectivity index (χ0) is 14.5. The van der Waals surface area contributed by atoms with E-state index < -0.39 is 6.10 Å². The molecule has 0 rings (SSSR count). The summed E-state index contributed by atoms with van der Waals surface area (Å²) in [6, 6.07) is 0. The molecule has 0 aromatic rings. The molecule has 0 heterocycles. The van der Waals surface area contributed by atoms with Crippen LogP contribution in [0.2, 0.25) is 0 Å². The van der Waals surface area contributed by atoms with E-state index in [1.165, 1.54) is 25.7 Å². The van der Waals surface area contributed by atoms with Crippen LogP contribution in [0.4, 0.5) is 0 Å². The normalized spacial score (nSPS) is 14.7. The molecular formula is C17H32O2. The Balaban J connectivity index is 4.24. The number of carbonyl (C=O) groups excluding carboxylic acids is 1. The van der Waals surface area contributed by atoms with Gasteiger partial charge in [-0.3, -0.25) is 4.79 Å². The van der Waals surface area contributed by atoms with Gasteiger partial charge < -0.3 is 5.11 Å². The molecule has 0 fully saturated rings. The lowest BCUT2D eigenvalue weighted by Crippen LogP contribution is -2.26. The molecule has 2 nitrogen and oxygen atoms in total. The van der Waals surface area contributed by atoms with Crippen LogP contribution in [0, 0.1) is 5.92 Å². The molecule has 0 aromatic carbocycles. The molecule has 0 radical (unpaired) electrons. The van der Waals surface area contributed by atoms with Crippen LogP contribution in [0.3, 0.4) is 0 Å². The summed E-state index contributed by atoms with van der Waals surface area (Å²) < 4.78 is 0. The summed E-state index contributed by atoms with van der Waals surface area (Å²) >= 11 is 0. The van der Waals surface area contributed by atoms with Crippen molar-refractivity contribution in [1.29, 1.82) is 0 Å². The molecule has 112 valence electrons. The van der Waals surface area contributed by atoms with Crippen LogP contribution in [0.5, 0.6) is 0 Å². The topological polar surface area (TPSA) is 37.3 Å². The third kappa shape index (κ3) is 8.99. The zero-order valence-corrected chi connectivity index (χ0v) is 13.0. The predicted octanol–water partition coefficient (Wildman–Crippen LogP) is 4.66. The number of unbranched alkanes of at least 4 members (excludes halogenated alkanes) is 4. The molecule has 0 saturated heterocycles. The van der Waals surface area contributed by atoms with Crippen molar-refractivity contribution in [3.05, 3.63) is 12.2 Å². The Morgan fingerprint density at radius 3 is 2.37 bits per heavy atom. The second-order valence-corrected chi connectivity index (χ2v) is 5.38. The standard InChI is InChI=1S/C17H32O2/c1-4-7-8-9-10-11-14-15(16(18)12-5-2)17(19)13-6-3/h11,14-16,18H,4-10,12-13H2,1-3H3. The van der Waals surface area contributed by atoms with Crippen molar-refractivity contribution < 1.29 is 9.90 Å². The van der Waals surface area contributed by atoms with Gasteiger partial charge in [0.2, 0.25) is 0 Å². The van der Waals surface area contributed by atoms with E-state index in [9.17, 15) is 9.90 Å². The fraction of sp³-hybridized carbons (Fsp3) is 0.824. The van der Waals surface area contributed by atoms with E-state index >= 15 is 0 Å². The van der Waals surface area contributed by atoms with Crippen LogP contribution >= 0.6 is 0 Å². The lowest BCUT2D eigenvalue weighted by molar-refractivity contribution is -0.124. The van der Waals surface area contributed by atoms with E-state index in [2.05, 4.69) is 13.0 Å². The Morgan fingerprint density at radius 2 is 1.79 bits per heavy atom. The number of carbonyl (C=O) groups is 1. The zero-order valence-electron chi connectivity index (χ0n) is 13.0. The summed E-state index contributed by atoms with van der Waals surface area (Å²) in [6.45, 7) is 6.26. The fourth-order valence-corrected chi connectivity index (χ4v) is 2.27. The maximum Gasteiger partial charge on any atom is 0.142 e. The van der Waals surface area contributed by atoms with E-state index in [1.54, 1.807) is 0 Å². The summed E-state index contributed by atoms with van der Waals surface area (Å²) in [5.74, 6) is -0.0978. The van der Waals surface area contributed by atoms with Crippen molar-refractivity contribution in [2.75, 3.05) is 0 Å². The summed E-state index contributed by atoms with van der Waals surface area (Å²) in [5, 5.41) is 10.1. The maximum absolute atomic E-state index is 12.0. The summed E-state index contributed by atoms with van der Waals surface area (Å²) in [6.07, 6.45) is 12.6. The highest BCUT2D eigenvalue weighted by Crippen LogP contribution is 2.16. The van der Waals surface area contributed by atoms with E-state index in [1.807, 2.05) is 19.9 Å². The first-order chi connectivity index (χ1) is 9.17. The number of hydrogen-bond acceptors (Lipinski definition) is 2. The van der Waals surface area contributed by atoms with Gasteiger partial charge in [0.05, 0.1) is 12.0 Å². The number of aliphatic hydroxyl groups is 1. The molecule has 0 spiro atoms.